The molecule has 1 amide bonds. The van der Waals surface area contributed by atoms with Crippen molar-refractivity contribution in [3.8, 4) is 11.4 Å². The Labute approximate surface area is 181 Å². The quantitative estimate of drug-likeness (QED) is 0.454. The van der Waals surface area contributed by atoms with Crippen LogP contribution < -0.4 is 5.32 Å². The van der Waals surface area contributed by atoms with E-state index in [1.165, 1.54) is 37.4 Å². The molecule has 1 fully saturated rings. The number of nitrogens with one attached hydrogen (secondary N) is 1. The summed E-state index contributed by atoms with van der Waals surface area (Å²) in [4.78, 5) is 16.8. The maximum atomic E-state index is 12.5. The van der Waals surface area contributed by atoms with Crippen molar-refractivity contribution in [3.05, 3.63) is 60.4 Å². The number of hydrogen-bond donors (Lipinski definition) is 1. The molecule has 0 radical (unpaired) electrons. The van der Waals surface area contributed by atoms with E-state index >= 15 is 0 Å². The van der Waals surface area contributed by atoms with Crippen molar-refractivity contribution < 1.29 is 4.79 Å². The normalized spacial score (nSPS) is 14.9. The van der Waals surface area contributed by atoms with E-state index in [0.29, 0.717) is 18.3 Å². The fourth-order valence-corrected chi connectivity index (χ4v) is 4.58. The molecular formula is C23H27N5OS. The van der Waals surface area contributed by atoms with Crippen LogP contribution in [0.15, 0.2) is 60.0 Å². The van der Waals surface area contributed by atoms with Crippen LogP contribution in [-0.4, -0.2) is 37.5 Å². The first-order chi connectivity index (χ1) is 14.8. The highest BCUT2D eigenvalue weighted by Gasteiger charge is 2.18. The number of amides is 1. The highest BCUT2D eigenvalue weighted by Crippen LogP contribution is 2.25. The number of benzene rings is 1. The van der Waals surface area contributed by atoms with E-state index in [0.717, 1.165) is 34.9 Å². The average Bonchev–Trinajstić information content (AvgIpc) is 2.99. The summed E-state index contributed by atoms with van der Waals surface area (Å²) < 4.78 is 2.07. The van der Waals surface area contributed by atoms with Gasteiger partial charge in [-0.2, -0.15) is 0 Å². The van der Waals surface area contributed by atoms with Crippen molar-refractivity contribution in [2.45, 2.75) is 56.3 Å². The second-order valence-corrected chi connectivity index (χ2v) is 8.61. The molecule has 0 bridgehead atoms. The van der Waals surface area contributed by atoms with Crippen molar-refractivity contribution in [2.24, 2.45) is 0 Å². The Bertz CT molecular complexity index is 937. The van der Waals surface area contributed by atoms with Gasteiger partial charge in [0.25, 0.3) is 0 Å². The molecular weight excluding hydrogens is 394 g/mol. The third-order valence-corrected chi connectivity index (χ3v) is 6.34. The van der Waals surface area contributed by atoms with Gasteiger partial charge in [0.05, 0.1) is 12.3 Å². The van der Waals surface area contributed by atoms with Gasteiger partial charge in [-0.25, -0.2) is 0 Å². The maximum Gasteiger partial charge on any atom is 0.230 e. The minimum atomic E-state index is 0.0732. The summed E-state index contributed by atoms with van der Waals surface area (Å²) in [7, 11) is 0. The van der Waals surface area contributed by atoms with Gasteiger partial charge < -0.3 is 5.32 Å². The maximum absolute atomic E-state index is 12.5. The molecule has 1 aliphatic rings. The van der Waals surface area contributed by atoms with Gasteiger partial charge in [-0.05, 0) is 30.5 Å². The molecule has 0 spiro atoms. The molecule has 0 saturated heterocycles. The van der Waals surface area contributed by atoms with E-state index in [1.807, 2.05) is 30.3 Å². The molecule has 1 aliphatic carbocycles. The summed E-state index contributed by atoms with van der Waals surface area (Å²) in [6.45, 7) is 0.643. The van der Waals surface area contributed by atoms with E-state index in [4.69, 9.17) is 0 Å². The van der Waals surface area contributed by atoms with Gasteiger partial charge in [-0.15, -0.1) is 10.2 Å². The minimum Gasteiger partial charge on any atom is -0.353 e. The lowest BCUT2D eigenvalue weighted by molar-refractivity contribution is -0.119. The highest BCUT2D eigenvalue weighted by atomic mass is 32.2. The zero-order chi connectivity index (χ0) is 20.6. The third-order valence-electron chi connectivity index (χ3n) is 5.37. The predicted octanol–water partition coefficient (Wildman–Crippen LogP) is 4.32. The Kier molecular flexibility index (Phi) is 7.13. The zero-order valence-corrected chi connectivity index (χ0v) is 17.9. The molecule has 7 heteroatoms. The second-order valence-electron chi connectivity index (χ2n) is 7.66. The monoisotopic (exact) mass is 421 g/mol. The number of carbonyl (C=O) groups excluding carboxylic acids is 1. The van der Waals surface area contributed by atoms with Crippen LogP contribution in [0.4, 0.5) is 0 Å². The van der Waals surface area contributed by atoms with E-state index in [-0.39, 0.29) is 5.91 Å². The molecule has 2 heterocycles. The van der Waals surface area contributed by atoms with Crippen molar-refractivity contribution in [3.63, 3.8) is 0 Å². The number of nitrogens with zero attached hydrogens (tertiary/aromatic N) is 4. The largest absolute Gasteiger partial charge is 0.353 e. The SMILES string of the molecule is O=C(CSc1nnc(-c2cccnc2)n1Cc1ccccc1)NC1CCCCCC1. The van der Waals surface area contributed by atoms with Crippen LogP contribution >= 0.6 is 11.8 Å². The first-order valence-corrected chi connectivity index (χ1v) is 11.6. The molecule has 6 nitrogen and oxygen atoms in total. The molecule has 2 aromatic heterocycles. The topological polar surface area (TPSA) is 72.7 Å². The van der Waals surface area contributed by atoms with E-state index in [9.17, 15) is 4.79 Å². The van der Waals surface area contributed by atoms with Gasteiger partial charge in [-0.1, -0.05) is 67.8 Å². The Morgan fingerprint density at radius 2 is 1.83 bits per heavy atom. The number of aromatic nitrogens is 4. The highest BCUT2D eigenvalue weighted by molar-refractivity contribution is 7.99. The van der Waals surface area contributed by atoms with Crippen LogP contribution in [0.25, 0.3) is 11.4 Å². The van der Waals surface area contributed by atoms with Gasteiger partial charge >= 0.3 is 0 Å². The lowest BCUT2D eigenvalue weighted by atomic mass is 10.1. The van der Waals surface area contributed by atoms with Crippen LogP contribution in [-0.2, 0) is 11.3 Å². The van der Waals surface area contributed by atoms with Crippen molar-refractivity contribution in [2.75, 3.05) is 5.75 Å². The third kappa shape index (κ3) is 5.48. The number of rotatable bonds is 7. The summed E-state index contributed by atoms with van der Waals surface area (Å²) >= 11 is 1.44. The molecule has 1 saturated carbocycles. The lowest BCUT2D eigenvalue weighted by Gasteiger charge is -2.16. The molecule has 30 heavy (non-hydrogen) atoms. The molecule has 4 rings (SSSR count). The second kappa shape index (κ2) is 10.4. The Hall–Kier alpha value is -2.67. The predicted molar refractivity (Wildman–Crippen MR) is 119 cm³/mol. The van der Waals surface area contributed by atoms with E-state index in [1.54, 1.807) is 12.4 Å². The van der Waals surface area contributed by atoms with Crippen LogP contribution in [0.1, 0.15) is 44.1 Å². The van der Waals surface area contributed by atoms with Crippen LogP contribution in [0.2, 0.25) is 0 Å². The Morgan fingerprint density at radius 1 is 1.03 bits per heavy atom. The summed E-state index contributed by atoms with van der Waals surface area (Å²) in [6.07, 6.45) is 10.7. The standard InChI is InChI=1S/C23H27N5OS/c29-21(25-20-12-6-1-2-7-13-20)17-30-23-27-26-22(19-11-8-14-24-15-19)28(23)16-18-9-4-3-5-10-18/h3-5,8-11,14-15,20H,1-2,6-7,12-13,16-17H2,(H,25,29). The summed E-state index contributed by atoms with van der Waals surface area (Å²) in [5, 5.41) is 12.8. The number of thioether (sulfide) groups is 1. The molecule has 3 aromatic rings. The summed E-state index contributed by atoms with van der Waals surface area (Å²) in [5.41, 5.74) is 2.07. The number of hydrogen-bond acceptors (Lipinski definition) is 5. The van der Waals surface area contributed by atoms with E-state index < -0.39 is 0 Å². The molecule has 0 unspecified atom stereocenters. The van der Waals surface area contributed by atoms with Crippen molar-refractivity contribution >= 4 is 17.7 Å². The smallest absolute Gasteiger partial charge is 0.230 e. The summed E-state index contributed by atoms with van der Waals surface area (Å²) in [6, 6.07) is 14.4. The fraction of sp³-hybridized carbons (Fsp3) is 0.391. The molecule has 0 aliphatic heterocycles. The number of pyridine rings is 1. The van der Waals surface area contributed by atoms with Gasteiger partial charge in [0.15, 0.2) is 11.0 Å². The van der Waals surface area contributed by atoms with Crippen LogP contribution in [0.5, 0.6) is 0 Å². The average molecular weight is 422 g/mol. The van der Waals surface area contributed by atoms with Crippen molar-refractivity contribution in [1.82, 2.24) is 25.1 Å². The van der Waals surface area contributed by atoms with Gasteiger partial charge in [-0.3, -0.25) is 14.3 Å². The minimum absolute atomic E-state index is 0.0732. The Morgan fingerprint density at radius 3 is 2.57 bits per heavy atom. The Balaban J connectivity index is 1.48. The molecule has 156 valence electrons. The molecule has 1 aromatic carbocycles. The van der Waals surface area contributed by atoms with Gasteiger partial charge in [0, 0.05) is 24.0 Å². The van der Waals surface area contributed by atoms with E-state index in [2.05, 4.69) is 37.2 Å². The van der Waals surface area contributed by atoms with Gasteiger partial charge in [0.1, 0.15) is 0 Å². The van der Waals surface area contributed by atoms with Gasteiger partial charge in [0.2, 0.25) is 5.91 Å². The zero-order valence-electron chi connectivity index (χ0n) is 17.0. The van der Waals surface area contributed by atoms with Crippen LogP contribution in [0, 0.1) is 0 Å². The molecule has 1 N–H and O–H groups in total. The number of carbonyl (C=O) groups is 1. The first kappa shape index (κ1) is 20.6. The molecule has 0 atom stereocenters. The summed E-state index contributed by atoms with van der Waals surface area (Å²) in [5.74, 6) is 1.18. The lowest BCUT2D eigenvalue weighted by Crippen LogP contribution is -2.35. The van der Waals surface area contributed by atoms with Crippen molar-refractivity contribution in [1.29, 1.82) is 0 Å². The first-order valence-electron chi connectivity index (χ1n) is 10.6. The fourth-order valence-electron chi connectivity index (χ4n) is 3.84. The van der Waals surface area contributed by atoms with Crippen LogP contribution in [0.3, 0.4) is 0 Å².